The number of carbonyl (C=O) groups is 2. The monoisotopic (exact) mass is 502 g/mol. The average molecular weight is 503 g/mol. The molecule has 0 aromatic heterocycles. The minimum Gasteiger partial charge on any atom is -0.468 e. The Hall–Kier alpha value is -1.68. The molecular weight excluding hydrogens is 485 g/mol. The van der Waals surface area contributed by atoms with Crippen LogP contribution in [0.15, 0.2) is 53.4 Å². The number of esters is 1. The highest BCUT2D eigenvalue weighted by Gasteiger charge is 2.70. The van der Waals surface area contributed by atoms with E-state index >= 15 is 0 Å². The lowest BCUT2D eigenvalue weighted by Crippen LogP contribution is -2.51. The number of benzene rings is 2. The summed E-state index contributed by atoms with van der Waals surface area (Å²) in [6.45, 7) is 0. The number of aliphatic hydroxyl groups excluding tert-OH is 1. The lowest BCUT2D eigenvalue weighted by atomic mass is 9.70. The van der Waals surface area contributed by atoms with Gasteiger partial charge >= 0.3 is 11.5 Å². The van der Waals surface area contributed by atoms with Crippen molar-refractivity contribution in [2.45, 2.75) is 39.3 Å². The van der Waals surface area contributed by atoms with Gasteiger partial charge in [0.05, 0.1) is 18.6 Å². The molecule has 0 radical (unpaired) electrons. The molecule has 10 heteroatoms. The average Bonchev–Trinajstić information content (AvgIpc) is 3.03. The van der Waals surface area contributed by atoms with E-state index in [2.05, 4.69) is 4.74 Å². The third-order valence-electron chi connectivity index (χ3n) is 6.07. The van der Waals surface area contributed by atoms with Gasteiger partial charge in [0.1, 0.15) is 0 Å². The van der Waals surface area contributed by atoms with Crippen LogP contribution in [-0.4, -0.2) is 34.2 Å². The van der Waals surface area contributed by atoms with E-state index in [4.69, 9.17) is 11.6 Å². The van der Waals surface area contributed by atoms with Crippen molar-refractivity contribution in [1.29, 1.82) is 0 Å². The fourth-order valence-electron chi connectivity index (χ4n) is 4.66. The number of hydrogen-bond donors (Lipinski definition) is 1. The lowest BCUT2D eigenvalue weighted by Gasteiger charge is -2.45. The Labute approximate surface area is 195 Å². The maximum atomic E-state index is 13.9. The summed E-state index contributed by atoms with van der Waals surface area (Å²) in [5, 5.41) is 11.2. The zero-order valence-electron chi connectivity index (χ0n) is 16.7. The quantitative estimate of drug-likeness (QED) is 0.427. The first-order valence-electron chi connectivity index (χ1n) is 9.64. The van der Waals surface area contributed by atoms with Gasteiger partial charge in [-0.1, -0.05) is 41.9 Å². The first kappa shape index (κ1) is 23.5. The van der Waals surface area contributed by atoms with Crippen LogP contribution in [0.3, 0.4) is 0 Å². The molecular formula is C22H18ClF3O4S2. The van der Waals surface area contributed by atoms with Crippen molar-refractivity contribution >= 4 is 46.9 Å². The molecule has 4 atom stereocenters. The Morgan fingerprint density at radius 3 is 2.47 bits per heavy atom. The van der Waals surface area contributed by atoms with Crippen molar-refractivity contribution in [2.75, 3.05) is 7.11 Å². The second kappa shape index (κ2) is 8.27. The lowest BCUT2D eigenvalue weighted by molar-refractivity contribution is -0.150. The van der Waals surface area contributed by atoms with Crippen LogP contribution in [0.4, 0.5) is 13.2 Å². The summed E-state index contributed by atoms with van der Waals surface area (Å²) in [5.74, 6) is -2.22. The number of hydrogen-bond acceptors (Lipinski definition) is 6. The number of thioether (sulfide) groups is 2. The van der Waals surface area contributed by atoms with Gasteiger partial charge in [-0.05, 0) is 53.9 Å². The molecule has 1 heterocycles. The minimum atomic E-state index is -4.85. The number of methoxy groups -OCH3 is 1. The van der Waals surface area contributed by atoms with Crippen LogP contribution >= 0.6 is 35.1 Å². The number of ether oxygens (including phenoxy) is 1. The molecule has 2 aromatic rings. The number of ketones is 1. The van der Waals surface area contributed by atoms with Crippen molar-refractivity contribution in [3.8, 4) is 0 Å². The Morgan fingerprint density at radius 1 is 1.19 bits per heavy atom. The van der Waals surface area contributed by atoms with Crippen LogP contribution in [0.1, 0.15) is 35.3 Å². The third kappa shape index (κ3) is 3.63. The van der Waals surface area contributed by atoms with E-state index in [0.717, 1.165) is 12.0 Å². The first-order chi connectivity index (χ1) is 15.0. The summed E-state index contributed by atoms with van der Waals surface area (Å²) in [6, 6.07) is 13.5. The molecule has 1 spiro atoms. The number of aliphatic hydroxyl groups is 1. The molecule has 1 aliphatic heterocycles. The van der Waals surface area contributed by atoms with Crippen LogP contribution < -0.4 is 0 Å². The Morgan fingerprint density at radius 2 is 1.84 bits per heavy atom. The van der Waals surface area contributed by atoms with Gasteiger partial charge in [0.15, 0.2) is 10.5 Å². The normalized spacial score (nSPS) is 29.8. The minimum absolute atomic E-state index is 0.111. The SMILES string of the molecule is COC(=O)[C@@]1(SC(F)(F)F)CC[C@@]2(C1=O)[C@@H](O)c1ccccc1S[C@H]2c1ccc(Cl)cc1. The van der Waals surface area contributed by atoms with Gasteiger partial charge < -0.3 is 9.84 Å². The van der Waals surface area contributed by atoms with Crippen molar-refractivity contribution in [2.24, 2.45) is 5.41 Å². The molecule has 2 aliphatic rings. The maximum absolute atomic E-state index is 13.9. The number of alkyl halides is 3. The zero-order valence-corrected chi connectivity index (χ0v) is 19.1. The van der Waals surface area contributed by atoms with Gasteiger partial charge in [0.2, 0.25) is 0 Å². The van der Waals surface area contributed by atoms with E-state index in [1.165, 1.54) is 11.8 Å². The Bertz CT molecular complexity index is 1060. The molecule has 4 nitrogen and oxygen atoms in total. The molecule has 1 fully saturated rings. The van der Waals surface area contributed by atoms with E-state index in [1.54, 1.807) is 48.5 Å². The second-order valence-electron chi connectivity index (χ2n) is 7.73. The van der Waals surface area contributed by atoms with E-state index < -0.39 is 57.0 Å². The standard InChI is InChI=1S/C22H18ClF3O4S2/c1-30-19(29)21(32-22(24,25)26)11-10-20(18(21)28)16(27)14-4-2-3-5-15(14)31-17(20)12-6-8-13(23)9-7-12/h2-9,16-17,27H,10-11H2,1H3/t16-,17-,20+,21+/m0/s1. The van der Waals surface area contributed by atoms with Crippen molar-refractivity contribution in [3.63, 3.8) is 0 Å². The summed E-state index contributed by atoms with van der Waals surface area (Å²) in [4.78, 5) is 27.3. The topological polar surface area (TPSA) is 63.6 Å². The molecule has 1 saturated carbocycles. The van der Waals surface area contributed by atoms with Gasteiger partial charge in [-0.2, -0.15) is 13.2 Å². The Kier molecular flexibility index (Phi) is 6.07. The van der Waals surface area contributed by atoms with Gasteiger partial charge in [0, 0.05) is 15.2 Å². The van der Waals surface area contributed by atoms with E-state index in [9.17, 15) is 27.9 Å². The maximum Gasteiger partial charge on any atom is 0.443 e. The van der Waals surface area contributed by atoms with Gasteiger partial charge in [0.25, 0.3) is 0 Å². The molecule has 4 rings (SSSR count). The van der Waals surface area contributed by atoms with Gasteiger partial charge in [-0.3, -0.25) is 9.59 Å². The molecule has 1 aliphatic carbocycles. The first-order valence-corrected chi connectivity index (χ1v) is 11.7. The third-order valence-corrected chi connectivity index (χ3v) is 9.01. The summed E-state index contributed by atoms with van der Waals surface area (Å²) in [7, 11) is 0.956. The number of rotatable bonds is 3. The molecule has 0 bridgehead atoms. The fraction of sp³-hybridized carbons (Fsp3) is 0.364. The van der Waals surface area contributed by atoms with Crippen LogP contribution in [-0.2, 0) is 14.3 Å². The van der Waals surface area contributed by atoms with Gasteiger partial charge in [-0.15, -0.1) is 11.8 Å². The molecule has 2 aromatic carbocycles. The molecule has 170 valence electrons. The predicted octanol–water partition coefficient (Wildman–Crippen LogP) is 5.73. The number of halogens is 4. The van der Waals surface area contributed by atoms with Gasteiger partial charge in [-0.25, -0.2) is 0 Å². The molecule has 0 saturated heterocycles. The second-order valence-corrected chi connectivity index (χ2v) is 10.7. The summed E-state index contributed by atoms with van der Waals surface area (Å²) in [6.07, 6.45) is -1.90. The van der Waals surface area contributed by atoms with E-state index in [-0.39, 0.29) is 6.42 Å². The zero-order chi connectivity index (χ0) is 23.3. The largest absolute Gasteiger partial charge is 0.468 e. The highest BCUT2D eigenvalue weighted by atomic mass is 35.5. The smallest absolute Gasteiger partial charge is 0.443 e. The number of carbonyl (C=O) groups excluding carboxylic acids is 2. The summed E-state index contributed by atoms with van der Waals surface area (Å²) >= 11 is 6.63. The summed E-state index contributed by atoms with van der Waals surface area (Å²) < 4.78 is 42.7. The van der Waals surface area contributed by atoms with Crippen molar-refractivity contribution in [1.82, 2.24) is 0 Å². The fourth-order valence-corrected chi connectivity index (χ4v) is 7.42. The van der Waals surface area contributed by atoms with Crippen LogP contribution in [0.5, 0.6) is 0 Å². The van der Waals surface area contributed by atoms with Crippen molar-refractivity contribution < 1.29 is 32.6 Å². The van der Waals surface area contributed by atoms with Crippen LogP contribution in [0.2, 0.25) is 5.02 Å². The summed E-state index contributed by atoms with van der Waals surface area (Å²) in [5.41, 5.74) is -5.43. The molecule has 0 unspecified atom stereocenters. The van der Waals surface area contributed by atoms with Crippen LogP contribution in [0.25, 0.3) is 0 Å². The number of Topliss-reactive ketones (excluding diaryl/α,β-unsaturated/α-hetero) is 1. The number of fused-ring (bicyclic) bond motifs is 1. The van der Waals surface area contributed by atoms with E-state index in [0.29, 0.717) is 16.1 Å². The van der Waals surface area contributed by atoms with E-state index in [1.807, 2.05) is 0 Å². The molecule has 32 heavy (non-hydrogen) atoms. The highest BCUT2D eigenvalue weighted by Crippen LogP contribution is 2.68. The van der Waals surface area contributed by atoms with Crippen LogP contribution in [0, 0.1) is 5.41 Å². The van der Waals surface area contributed by atoms with Crippen molar-refractivity contribution in [3.05, 3.63) is 64.7 Å². The predicted molar refractivity (Wildman–Crippen MR) is 117 cm³/mol. The Balaban J connectivity index is 1.91. The highest BCUT2D eigenvalue weighted by molar-refractivity contribution is 8.03. The molecule has 1 N–H and O–H groups in total. The molecule has 0 amide bonds.